The minimum absolute atomic E-state index is 0.00828. The topological polar surface area (TPSA) is 126 Å². The van der Waals surface area contributed by atoms with Crippen LogP contribution >= 0.6 is 0 Å². The number of aromatic nitrogens is 6. The number of phenols is 1. The van der Waals surface area contributed by atoms with Gasteiger partial charge in [0.15, 0.2) is 17.5 Å². The van der Waals surface area contributed by atoms with Crippen molar-refractivity contribution in [2.45, 2.75) is 57.2 Å². The summed E-state index contributed by atoms with van der Waals surface area (Å²) < 4.78 is 31.0. The summed E-state index contributed by atoms with van der Waals surface area (Å²) in [4.78, 5) is 22.8. The number of benzene rings is 1. The molecule has 11 nitrogen and oxygen atoms in total. The summed E-state index contributed by atoms with van der Waals surface area (Å²) in [6, 6.07) is 2.49. The molecule has 0 spiro atoms. The molecular weight excluding hydrogens is 460 g/mol. The molecule has 4 heterocycles. The third-order valence-corrected chi connectivity index (χ3v) is 6.80. The lowest BCUT2D eigenvalue weighted by Gasteiger charge is -2.47. The highest BCUT2D eigenvalue weighted by molar-refractivity contribution is 5.63. The number of tetrazole rings is 1. The molecule has 186 valence electrons. The molecule has 3 N–H and O–H groups in total. The summed E-state index contributed by atoms with van der Waals surface area (Å²) in [6.45, 7) is 5.49. The molecule has 2 aliphatic heterocycles. The van der Waals surface area contributed by atoms with Crippen molar-refractivity contribution in [3.8, 4) is 11.4 Å². The van der Waals surface area contributed by atoms with E-state index in [9.17, 15) is 18.7 Å². The van der Waals surface area contributed by atoms with Crippen LogP contribution < -0.4 is 16.3 Å². The van der Waals surface area contributed by atoms with Gasteiger partial charge < -0.3 is 15.7 Å². The average Bonchev–Trinajstić information content (AvgIpc) is 3.40. The summed E-state index contributed by atoms with van der Waals surface area (Å²) in [5, 5.41) is 23.3. The maximum atomic E-state index is 14.6. The first kappa shape index (κ1) is 23.1. The van der Waals surface area contributed by atoms with Crippen LogP contribution in [0.15, 0.2) is 23.1 Å². The number of halogens is 2. The number of piperidine rings is 1. The largest absolute Gasteiger partial charge is 0.506 e. The van der Waals surface area contributed by atoms with Gasteiger partial charge in [-0.1, -0.05) is 0 Å². The Bertz CT molecular complexity index is 1320. The second-order valence-corrected chi connectivity index (χ2v) is 9.72. The van der Waals surface area contributed by atoms with Crippen molar-refractivity contribution in [1.29, 1.82) is 0 Å². The highest BCUT2D eigenvalue weighted by atomic mass is 19.1. The number of aryl methyl sites for hydroxylation is 1. The maximum absolute atomic E-state index is 14.6. The number of rotatable bonds is 5. The minimum atomic E-state index is -0.819. The van der Waals surface area contributed by atoms with Gasteiger partial charge in [0.2, 0.25) is 5.95 Å². The van der Waals surface area contributed by atoms with Gasteiger partial charge in [0.05, 0.1) is 11.9 Å². The zero-order valence-electron chi connectivity index (χ0n) is 19.7. The number of aromatic hydroxyl groups is 1. The lowest BCUT2D eigenvalue weighted by molar-refractivity contribution is 0.0500. The van der Waals surface area contributed by atoms with Gasteiger partial charge in [0.1, 0.15) is 11.4 Å². The maximum Gasteiger partial charge on any atom is 0.368 e. The Morgan fingerprint density at radius 2 is 2.00 bits per heavy atom. The summed E-state index contributed by atoms with van der Waals surface area (Å²) in [5.74, 6) is -1.95. The lowest BCUT2D eigenvalue weighted by atomic mass is 9.84. The standard InChI is InChI=1S/C22H27F2N9O2/c1-22(2)10-12(7-13-5-4-6-32(13)22)26-19-15(24)11-25-20(28-19)27-16-9-17(18(34)8-14(16)23)33-21(35)31(3)29-30-33/h8-9,11-13,34H,4-7,10H2,1-3H3,(H2,25,26,27,28)/t12-,13-/m1/s1. The number of fused-ring (bicyclic) bond motifs is 1. The average molecular weight is 488 g/mol. The molecule has 1 aromatic carbocycles. The lowest BCUT2D eigenvalue weighted by Crippen LogP contribution is -2.55. The molecule has 0 amide bonds. The van der Waals surface area contributed by atoms with E-state index >= 15 is 0 Å². The zero-order valence-corrected chi connectivity index (χ0v) is 19.7. The van der Waals surface area contributed by atoms with E-state index in [-0.39, 0.29) is 34.7 Å². The Hall–Kier alpha value is -3.61. The van der Waals surface area contributed by atoms with E-state index in [1.165, 1.54) is 13.1 Å². The highest BCUT2D eigenvalue weighted by Crippen LogP contribution is 2.38. The van der Waals surface area contributed by atoms with Gasteiger partial charge in [-0.25, -0.2) is 18.6 Å². The first-order valence-electron chi connectivity index (χ1n) is 11.5. The van der Waals surface area contributed by atoms with Crippen molar-refractivity contribution in [3.05, 3.63) is 40.4 Å². The van der Waals surface area contributed by atoms with Gasteiger partial charge in [0.25, 0.3) is 0 Å². The quantitative estimate of drug-likeness (QED) is 0.465. The predicted octanol–water partition coefficient (Wildman–Crippen LogP) is 2.30. The molecular formula is C22H27F2N9O2. The predicted molar refractivity (Wildman–Crippen MR) is 124 cm³/mol. The Balaban J connectivity index is 1.39. The Labute approximate surface area is 199 Å². The van der Waals surface area contributed by atoms with Gasteiger partial charge in [0, 0.05) is 30.7 Å². The van der Waals surface area contributed by atoms with E-state index in [1.54, 1.807) is 0 Å². The smallest absolute Gasteiger partial charge is 0.368 e. The molecule has 13 heteroatoms. The van der Waals surface area contributed by atoms with E-state index in [2.05, 4.69) is 49.8 Å². The van der Waals surface area contributed by atoms with Crippen LogP contribution in [0.2, 0.25) is 0 Å². The number of hydrogen-bond acceptors (Lipinski definition) is 9. The van der Waals surface area contributed by atoms with Crippen molar-refractivity contribution in [2.24, 2.45) is 7.05 Å². The van der Waals surface area contributed by atoms with Crippen LogP contribution in [0.4, 0.5) is 26.2 Å². The van der Waals surface area contributed by atoms with Crippen molar-refractivity contribution >= 4 is 17.5 Å². The Kier molecular flexibility index (Phi) is 5.66. The molecule has 2 saturated heterocycles. The van der Waals surface area contributed by atoms with Gasteiger partial charge in [-0.15, -0.1) is 0 Å². The first-order valence-corrected chi connectivity index (χ1v) is 11.5. The van der Waals surface area contributed by atoms with Gasteiger partial charge in [-0.2, -0.15) is 14.3 Å². The molecule has 2 fully saturated rings. The molecule has 35 heavy (non-hydrogen) atoms. The van der Waals surface area contributed by atoms with Gasteiger partial charge in [-0.05, 0) is 62.6 Å². The molecule has 0 bridgehead atoms. The van der Waals surface area contributed by atoms with Crippen LogP contribution in [0.5, 0.6) is 5.75 Å². The molecule has 0 aliphatic carbocycles. The molecule has 0 unspecified atom stereocenters. The van der Waals surface area contributed by atoms with E-state index < -0.39 is 23.1 Å². The fourth-order valence-corrected chi connectivity index (χ4v) is 5.24. The normalized spacial score (nSPS) is 21.6. The summed E-state index contributed by atoms with van der Waals surface area (Å²) >= 11 is 0. The second-order valence-electron chi connectivity index (χ2n) is 9.72. The SMILES string of the molecule is Cn1nnn(-c2cc(Nc3ncc(F)c(N[C@@H]4C[C@H]5CCCN5C(C)(C)C4)n3)c(F)cc2O)c1=O. The summed E-state index contributed by atoms with van der Waals surface area (Å²) in [5.41, 5.74) is -0.851. The number of nitrogens with one attached hydrogen (secondary N) is 2. The molecule has 2 aliphatic rings. The molecule has 5 rings (SSSR count). The monoisotopic (exact) mass is 487 g/mol. The van der Waals surface area contributed by atoms with Crippen LogP contribution in [-0.2, 0) is 7.05 Å². The van der Waals surface area contributed by atoms with E-state index in [0.717, 1.165) is 53.9 Å². The molecule has 2 atom stereocenters. The van der Waals surface area contributed by atoms with Crippen molar-refractivity contribution in [2.75, 3.05) is 17.2 Å². The van der Waals surface area contributed by atoms with E-state index in [4.69, 9.17) is 0 Å². The van der Waals surface area contributed by atoms with Crippen LogP contribution in [0.25, 0.3) is 5.69 Å². The third-order valence-electron chi connectivity index (χ3n) is 6.80. The fourth-order valence-electron chi connectivity index (χ4n) is 5.24. The zero-order chi connectivity index (χ0) is 24.9. The van der Waals surface area contributed by atoms with Crippen LogP contribution in [0.3, 0.4) is 0 Å². The second kappa shape index (κ2) is 8.56. The number of anilines is 3. The summed E-state index contributed by atoms with van der Waals surface area (Å²) in [7, 11) is 1.39. The van der Waals surface area contributed by atoms with E-state index in [0.29, 0.717) is 6.04 Å². The molecule has 3 aromatic rings. The van der Waals surface area contributed by atoms with Crippen molar-refractivity contribution in [3.63, 3.8) is 0 Å². The Morgan fingerprint density at radius 3 is 2.74 bits per heavy atom. The Morgan fingerprint density at radius 1 is 1.20 bits per heavy atom. The number of nitrogens with zero attached hydrogens (tertiary/aromatic N) is 7. The number of hydrogen-bond donors (Lipinski definition) is 3. The van der Waals surface area contributed by atoms with Crippen LogP contribution in [0, 0.1) is 11.6 Å². The number of phenolic OH excluding ortho intramolecular Hbond substituents is 1. The van der Waals surface area contributed by atoms with Crippen LogP contribution in [-0.4, -0.2) is 63.9 Å². The third kappa shape index (κ3) is 4.31. The first-order chi connectivity index (χ1) is 16.6. The summed E-state index contributed by atoms with van der Waals surface area (Å²) in [6.07, 6.45) is 5.02. The van der Waals surface area contributed by atoms with Gasteiger partial charge in [-0.3, -0.25) is 4.90 Å². The van der Waals surface area contributed by atoms with Gasteiger partial charge >= 0.3 is 5.69 Å². The van der Waals surface area contributed by atoms with E-state index in [1.807, 2.05) is 0 Å². The minimum Gasteiger partial charge on any atom is -0.506 e. The fraction of sp³-hybridized carbons (Fsp3) is 0.500. The van der Waals surface area contributed by atoms with Crippen LogP contribution in [0.1, 0.15) is 39.5 Å². The van der Waals surface area contributed by atoms with Crippen molar-refractivity contribution < 1.29 is 13.9 Å². The molecule has 0 radical (unpaired) electrons. The molecule has 2 aromatic heterocycles. The molecule has 0 saturated carbocycles. The van der Waals surface area contributed by atoms with Crippen molar-refractivity contribution in [1.82, 2.24) is 34.7 Å². The highest BCUT2D eigenvalue weighted by Gasteiger charge is 2.43.